The van der Waals surface area contributed by atoms with Gasteiger partial charge in [-0.25, -0.2) is 0 Å². The molecule has 2 aromatic rings. The summed E-state index contributed by atoms with van der Waals surface area (Å²) in [6.45, 7) is 0. The largest absolute Gasteiger partial charge is 0.497 e. The van der Waals surface area contributed by atoms with E-state index >= 15 is 0 Å². The van der Waals surface area contributed by atoms with E-state index in [2.05, 4.69) is 0 Å². The standard InChI is InChI=1S/C16H16ClNO3/c1-20-12-4-5-14(18)13(9-12)15(19)8-10-7-11(17)3-6-16(10)21-2/h3-7,9H,8,18H2,1-2H3. The van der Waals surface area contributed by atoms with Crippen molar-refractivity contribution in [3.05, 3.63) is 52.5 Å². The second-order valence-corrected chi connectivity index (χ2v) is 4.95. The quantitative estimate of drug-likeness (QED) is 0.679. The molecule has 0 atom stereocenters. The Morgan fingerprint density at radius 1 is 1.14 bits per heavy atom. The predicted molar refractivity (Wildman–Crippen MR) is 83.4 cm³/mol. The molecule has 0 saturated heterocycles. The summed E-state index contributed by atoms with van der Waals surface area (Å²) in [5.41, 5.74) is 7.43. The molecule has 2 rings (SSSR count). The van der Waals surface area contributed by atoms with Gasteiger partial charge in [0.2, 0.25) is 0 Å². The second-order valence-electron chi connectivity index (χ2n) is 4.51. The molecule has 0 bridgehead atoms. The van der Waals surface area contributed by atoms with Gasteiger partial charge >= 0.3 is 0 Å². The highest BCUT2D eigenvalue weighted by molar-refractivity contribution is 6.30. The zero-order valence-electron chi connectivity index (χ0n) is 11.9. The molecule has 21 heavy (non-hydrogen) atoms. The monoisotopic (exact) mass is 305 g/mol. The Balaban J connectivity index is 2.32. The molecule has 0 saturated carbocycles. The fourth-order valence-electron chi connectivity index (χ4n) is 2.06. The third kappa shape index (κ3) is 3.47. The summed E-state index contributed by atoms with van der Waals surface area (Å²) in [7, 11) is 3.09. The Hall–Kier alpha value is -2.20. The highest BCUT2D eigenvalue weighted by Gasteiger charge is 2.15. The second kappa shape index (κ2) is 6.50. The number of carbonyl (C=O) groups excluding carboxylic acids is 1. The zero-order chi connectivity index (χ0) is 15.4. The number of rotatable bonds is 5. The van der Waals surface area contributed by atoms with Crippen LogP contribution in [0.25, 0.3) is 0 Å². The first kappa shape index (κ1) is 15.2. The lowest BCUT2D eigenvalue weighted by Gasteiger charge is -2.10. The van der Waals surface area contributed by atoms with E-state index in [9.17, 15) is 4.79 Å². The molecule has 0 aliphatic rings. The molecule has 0 amide bonds. The molecule has 4 nitrogen and oxygen atoms in total. The molecule has 2 aromatic carbocycles. The van der Waals surface area contributed by atoms with Crippen molar-refractivity contribution in [3.8, 4) is 11.5 Å². The third-order valence-corrected chi connectivity index (χ3v) is 3.39. The number of benzene rings is 2. The molecule has 2 N–H and O–H groups in total. The van der Waals surface area contributed by atoms with Crippen LogP contribution in [-0.2, 0) is 6.42 Å². The van der Waals surface area contributed by atoms with Crippen LogP contribution in [0.5, 0.6) is 11.5 Å². The lowest BCUT2D eigenvalue weighted by atomic mass is 10.0. The highest BCUT2D eigenvalue weighted by atomic mass is 35.5. The molecule has 0 unspecified atom stereocenters. The number of methoxy groups -OCH3 is 2. The van der Waals surface area contributed by atoms with Gasteiger partial charge in [-0.3, -0.25) is 4.79 Å². The van der Waals surface area contributed by atoms with Gasteiger partial charge in [0.05, 0.1) is 14.2 Å². The average Bonchev–Trinajstić information content (AvgIpc) is 2.48. The SMILES string of the molecule is COc1ccc(N)c(C(=O)Cc2cc(Cl)ccc2OC)c1. The van der Waals surface area contributed by atoms with Crippen molar-refractivity contribution < 1.29 is 14.3 Å². The summed E-state index contributed by atoms with van der Waals surface area (Å²) in [5, 5.41) is 0.553. The number of nitrogen functional groups attached to an aromatic ring is 1. The minimum atomic E-state index is -0.119. The van der Waals surface area contributed by atoms with Crippen molar-refractivity contribution in [3.63, 3.8) is 0 Å². The van der Waals surface area contributed by atoms with Crippen molar-refractivity contribution in [1.82, 2.24) is 0 Å². The van der Waals surface area contributed by atoms with Gasteiger partial charge in [-0.05, 0) is 36.4 Å². The van der Waals surface area contributed by atoms with Crippen molar-refractivity contribution in [2.75, 3.05) is 20.0 Å². The molecule has 0 radical (unpaired) electrons. The number of ketones is 1. The van der Waals surface area contributed by atoms with Gasteiger partial charge < -0.3 is 15.2 Å². The Morgan fingerprint density at radius 3 is 2.57 bits per heavy atom. The Kier molecular flexibility index (Phi) is 4.70. The van der Waals surface area contributed by atoms with Crippen molar-refractivity contribution in [2.24, 2.45) is 0 Å². The average molecular weight is 306 g/mol. The topological polar surface area (TPSA) is 61.5 Å². The molecule has 5 heteroatoms. The normalized spacial score (nSPS) is 10.2. The van der Waals surface area contributed by atoms with Crippen LogP contribution in [0.2, 0.25) is 5.02 Å². The number of anilines is 1. The fourth-order valence-corrected chi connectivity index (χ4v) is 2.25. The van der Waals surface area contributed by atoms with Gasteiger partial charge in [0.25, 0.3) is 0 Å². The van der Waals surface area contributed by atoms with Gasteiger partial charge in [0.15, 0.2) is 5.78 Å². The van der Waals surface area contributed by atoms with Gasteiger partial charge in [0, 0.05) is 28.3 Å². The minimum absolute atomic E-state index is 0.119. The van der Waals surface area contributed by atoms with Crippen LogP contribution in [0.15, 0.2) is 36.4 Å². The molecular formula is C16H16ClNO3. The molecule has 0 aromatic heterocycles. The predicted octanol–water partition coefficient (Wildman–Crippen LogP) is 3.36. The first-order valence-electron chi connectivity index (χ1n) is 6.34. The summed E-state index contributed by atoms with van der Waals surface area (Å²) >= 11 is 5.97. The van der Waals surface area contributed by atoms with Crippen LogP contribution in [0.4, 0.5) is 5.69 Å². The molecule has 0 fully saturated rings. The number of Topliss-reactive ketones (excluding diaryl/α,β-unsaturated/α-hetero) is 1. The van der Waals surface area contributed by atoms with Gasteiger partial charge in [-0.15, -0.1) is 0 Å². The maximum atomic E-state index is 12.4. The Morgan fingerprint density at radius 2 is 1.90 bits per heavy atom. The highest BCUT2D eigenvalue weighted by Crippen LogP contribution is 2.26. The van der Waals surface area contributed by atoms with Crippen molar-refractivity contribution in [2.45, 2.75) is 6.42 Å². The number of hydrogen-bond acceptors (Lipinski definition) is 4. The molecule has 0 heterocycles. The smallest absolute Gasteiger partial charge is 0.169 e. The van der Waals surface area contributed by atoms with E-state index in [0.717, 1.165) is 5.56 Å². The molecule has 0 spiro atoms. The first-order chi connectivity index (χ1) is 10.0. The first-order valence-corrected chi connectivity index (χ1v) is 6.72. The zero-order valence-corrected chi connectivity index (χ0v) is 12.6. The van der Waals surface area contributed by atoms with Crippen LogP contribution in [-0.4, -0.2) is 20.0 Å². The van der Waals surface area contributed by atoms with Crippen LogP contribution < -0.4 is 15.2 Å². The lowest BCUT2D eigenvalue weighted by molar-refractivity contribution is 0.0992. The molecule has 110 valence electrons. The number of carbonyl (C=O) groups is 1. The van der Waals surface area contributed by atoms with Crippen molar-refractivity contribution >= 4 is 23.1 Å². The lowest BCUT2D eigenvalue weighted by Crippen LogP contribution is -2.08. The van der Waals surface area contributed by atoms with Gasteiger partial charge in [-0.2, -0.15) is 0 Å². The summed E-state index contributed by atoms with van der Waals surface area (Å²) < 4.78 is 10.4. The van der Waals surface area contributed by atoms with Crippen LogP contribution >= 0.6 is 11.6 Å². The van der Waals surface area contributed by atoms with E-state index < -0.39 is 0 Å². The Labute approximate surface area is 128 Å². The number of ether oxygens (including phenoxy) is 2. The number of halogens is 1. The van der Waals surface area contributed by atoms with E-state index in [1.54, 1.807) is 50.6 Å². The van der Waals surface area contributed by atoms with Gasteiger partial charge in [0.1, 0.15) is 11.5 Å². The van der Waals surface area contributed by atoms with E-state index in [0.29, 0.717) is 27.8 Å². The van der Waals surface area contributed by atoms with E-state index in [1.807, 2.05) is 0 Å². The molecule has 0 aliphatic heterocycles. The van der Waals surface area contributed by atoms with Crippen LogP contribution in [0, 0.1) is 0 Å². The summed E-state index contributed by atoms with van der Waals surface area (Å²) in [5.74, 6) is 1.09. The summed E-state index contributed by atoms with van der Waals surface area (Å²) in [4.78, 5) is 12.4. The molecular weight excluding hydrogens is 290 g/mol. The van der Waals surface area contributed by atoms with E-state index in [1.165, 1.54) is 0 Å². The summed E-state index contributed by atoms with van der Waals surface area (Å²) in [6, 6.07) is 10.2. The Bertz CT molecular complexity index is 671. The summed E-state index contributed by atoms with van der Waals surface area (Å²) in [6.07, 6.45) is 0.154. The fraction of sp³-hybridized carbons (Fsp3) is 0.188. The van der Waals surface area contributed by atoms with E-state index in [-0.39, 0.29) is 12.2 Å². The third-order valence-electron chi connectivity index (χ3n) is 3.15. The number of hydrogen-bond donors (Lipinski definition) is 1. The maximum Gasteiger partial charge on any atom is 0.169 e. The minimum Gasteiger partial charge on any atom is -0.497 e. The maximum absolute atomic E-state index is 12.4. The van der Waals surface area contributed by atoms with E-state index in [4.69, 9.17) is 26.8 Å². The van der Waals surface area contributed by atoms with Crippen LogP contribution in [0.3, 0.4) is 0 Å². The molecule has 0 aliphatic carbocycles. The van der Waals surface area contributed by atoms with Crippen molar-refractivity contribution in [1.29, 1.82) is 0 Å². The van der Waals surface area contributed by atoms with Crippen LogP contribution in [0.1, 0.15) is 15.9 Å². The number of nitrogens with two attached hydrogens (primary N) is 1. The van der Waals surface area contributed by atoms with Gasteiger partial charge in [-0.1, -0.05) is 11.6 Å².